The Morgan fingerprint density at radius 2 is 1.74 bits per heavy atom. The molecule has 0 spiro atoms. The van der Waals surface area contributed by atoms with Crippen molar-refractivity contribution in [3.05, 3.63) is 77.9 Å². The molecule has 0 radical (unpaired) electrons. The van der Waals surface area contributed by atoms with Gasteiger partial charge in [-0.3, -0.25) is 0 Å². The van der Waals surface area contributed by atoms with E-state index in [0.717, 1.165) is 43.5 Å². The minimum absolute atomic E-state index is 0.217. The van der Waals surface area contributed by atoms with Crippen molar-refractivity contribution in [1.82, 2.24) is 9.47 Å². The molecule has 0 aliphatic carbocycles. The van der Waals surface area contributed by atoms with Gasteiger partial charge in [-0.25, -0.2) is 18.0 Å². The van der Waals surface area contributed by atoms with Gasteiger partial charge in [-0.2, -0.15) is 0 Å². The van der Waals surface area contributed by atoms with Crippen LogP contribution in [0, 0.1) is 17.5 Å². The number of carbonyl (C=O) groups excluding carboxylic acids is 1. The third-order valence-corrected chi connectivity index (χ3v) is 5.58. The van der Waals surface area contributed by atoms with Crippen LogP contribution in [0.1, 0.15) is 44.7 Å². The summed E-state index contributed by atoms with van der Waals surface area (Å²) in [5.41, 5.74) is 1.01. The first-order valence-electron chi connectivity index (χ1n) is 11.4. The molecule has 0 unspecified atom stereocenters. The molecule has 0 saturated carbocycles. The van der Waals surface area contributed by atoms with Crippen molar-refractivity contribution in [3.63, 3.8) is 0 Å². The van der Waals surface area contributed by atoms with E-state index in [1.54, 1.807) is 7.11 Å². The van der Waals surface area contributed by atoms with E-state index in [9.17, 15) is 18.0 Å². The van der Waals surface area contributed by atoms with E-state index >= 15 is 0 Å². The number of nitrogens with zero attached hydrogens (tertiary/aromatic N) is 2. The van der Waals surface area contributed by atoms with Crippen molar-refractivity contribution in [2.75, 3.05) is 19.0 Å². The number of unbranched alkanes of at least 4 members (excludes halogenated alkanes) is 4. The van der Waals surface area contributed by atoms with Crippen LogP contribution in [0.25, 0.3) is 5.69 Å². The number of halogens is 3. The number of methoxy groups -OCH3 is 1. The van der Waals surface area contributed by atoms with E-state index in [4.69, 9.17) is 4.74 Å². The Bertz CT molecular complexity index is 1080. The van der Waals surface area contributed by atoms with Crippen molar-refractivity contribution in [2.45, 2.75) is 45.6 Å². The number of aromatic nitrogens is 1. The molecule has 1 heterocycles. The van der Waals surface area contributed by atoms with Crippen LogP contribution < -0.4 is 10.1 Å². The molecule has 0 aliphatic heterocycles. The van der Waals surface area contributed by atoms with Crippen LogP contribution in [0.3, 0.4) is 0 Å². The third kappa shape index (κ3) is 6.56. The van der Waals surface area contributed by atoms with Crippen LogP contribution >= 0.6 is 0 Å². The number of ether oxygens (including phenoxy) is 1. The maximum atomic E-state index is 14.1. The highest BCUT2D eigenvalue weighted by Crippen LogP contribution is 2.23. The third-order valence-electron chi connectivity index (χ3n) is 5.58. The number of rotatable bonds is 11. The zero-order valence-electron chi connectivity index (χ0n) is 19.5. The predicted molar refractivity (Wildman–Crippen MR) is 127 cm³/mol. The molecule has 8 heteroatoms. The SMILES string of the molecule is CCCCCCCN(Cc1cccn1-c1cccc(OC)c1)C(=O)Nc1c(F)cc(F)cc1F. The molecule has 0 fully saturated rings. The van der Waals surface area contributed by atoms with Crippen LogP contribution in [0.2, 0.25) is 0 Å². The van der Waals surface area contributed by atoms with Crippen LogP contribution in [0.5, 0.6) is 5.75 Å². The fraction of sp³-hybridized carbons (Fsp3) is 0.346. The molecule has 5 nitrogen and oxygen atoms in total. The van der Waals surface area contributed by atoms with E-state index in [-0.39, 0.29) is 6.54 Å². The van der Waals surface area contributed by atoms with Gasteiger partial charge in [-0.1, -0.05) is 38.7 Å². The highest BCUT2D eigenvalue weighted by atomic mass is 19.1. The standard InChI is InChI=1S/C26H30F3N3O2/c1-3-4-5-6-7-13-31(26(33)30-25-23(28)15-19(27)16-24(25)29)18-21-11-9-14-32(21)20-10-8-12-22(17-20)34-2/h8-12,14-17H,3-7,13,18H2,1-2H3,(H,30,33). The molecule has 1 aromatic heterocycles. The van der Waals surface area contributed by atoms with Crippen LogP contribution in [-0.2, 0) is 6.54 Å². The average Bonchev–Trinajstić information content (AvgIpc) is 3.28. The maximum absolute atomic E-state index is 14.1. The van der Waals surface area contributed by atoms with Crippen LogP contribution in [-0.4, -0.2) is 29.2 Å². The molecule has 3 rings (SSSR count). The summed E-state index contributed by atoms with van der Waals surface area (Å²) in [6, 6.07) is 11.7. The topological polar surface area (TPSA) is 46.5 Å². The summed E-state index contributed by atoms with van der Waals surface area (Å²) in [6.45, 7) is 2.75. The fourth-order valence-corrected chi connectivity index (χ4v) is 3.76. The first-order chi connectivity index (χ1) is 16.4. The lowest BCUT2D eigenvalue weighted by atomic mass is 10.1. The molecule has 0 aliphatic rings. The van der Waals surface area contributed by atoms with Gasteiger partial charge >= 0.3 is 6.03 Å². The molecule has 2 amide bonds. The summed E-state index contributed by atoms with van der Waals surface area (Å²) in [5.74, 6) is -2.66. The van der Waals surface area contributed by atoms with E-state index in [1.165, 1.54) is 4.90 Å². The number of hydrogen-bond donors (Lipinski definition) is 1. The summed E-state index contributed by atoms with van der Waals surface area (Å²) in [6.07, 6.45) is 6.82. The van der Waals surface area contributed by atoms with Gasteiger partial charge in [0.2, 0.25) is 0 Å². The molecule has 0 atom stereocenters. The van der Waals surface area contributed by atoms with Gasteiger partial charge in [-0.15, -0.1) is 0 Å². The average molecular weight is 474 g/mol. The van der Waals surface area contributed by atoms with Gasteiger partial charge in [0.05, 0.1) is 13.7 Å². The zero-order chi connectivity index (χ0) is 24.5. The molecular weight excluding hydrogens is 443 g/mol. The van der Waals surface area contributed by atoms with Crippen molar-refractivity contribution in [2.24, 2.45) is 0 Å². The Kier molecular flexibility index (Phi) is 9.01. The molecule has 182 valence electrons. The number of amides is 2. The molecule has 34 heavy (non-hydrogen) atoms. The highest BCUT2D eigenvalue weighted by Gasteiger charge is 2.20. The summed E-state index contributed by atoms with van der Waals surface area (Å²) < 4.78 is 48.8. The van der Waals surface area contributed by atoms with E-state index in [2.05, 4.69) is 12.2 Å². The zero-order valence-corrected chi connectivity index (χ0v) is 19.5. The predicted octanol–water partition coefficient (Wildman–Crippen LogP) is 6.91. The second-order valence-corrected chi connectivity index (χ2v) is 8.08. The number of carbonyl (C=O) groups is 1. The van der Waals surface area contributed by atoms with Crippen molar-refractivity contribution in [1.29, 1.82) is 0 Å². The Hall–Kier alpha value is -3.42. The lowest BCUT2D eigenvalue weighted by Crippen LogP contribution is -2.36. The quantitative estimate of drug-likeness (QED) is 0.308. The van der Waals surface area contributed by atoms with E-state index in [0.29, 0.717) is 24.4 Å². The van der Waals surface area contributed by atoms with Crippen molar-refractivity contribution >= 4 is 11.7 Å². The lowest BCUT2D eigenvalue weighted by Gasteiger charge is -2.24. The Labute approximate surface area is 198 Å². The summed E-state index contributed by atoms with van der Waals surface area (Å²) in [7, 11) is 1.59. The van der Waals surface area contributed by atoms with Gasteiger partial charge in [0.15, 0.2) is 11.6 Å². The van der Waals surface area contributed by atoms with Crippen molar-refractivity contribution < 1.29 is 22.7 Å². The van der Waals surface area contributed by atoms with E-state index in [1.807, 2.05) is 47.2 Å². The summed E-state index contributed by atoms with van der Waals surface area (Å²) in [4.78, 5) is 14.6. The minimum atomic E-state index is -1.16. The molecule has 1 N–H and O–H groups in total. The first-order valence-corrected chi connectivity index (χ1v) is 11.4. The maximum Gasteiger partial charge on any atom is 0.322 e. The second-order valence-electron chi connectivity index (χ2n) is 8.08. The number of benzene rings is 2. The summed E-state index contributed by atoms with van der Waals surface area (Å²) in [5, 5.41) is 2.29. The minimum Gasteiger partial charge on any atom is -0.497 e. The Balaban J connectivity index is 1.81. The largest absolute Gasteiger partial charge is 0.497 e. The van der Waals surface area contributed by atoms with E-state index < -0.39 is 29.2 Å². The molecule has 0 bridgehead atoms. The summed E-state index contributed by atoms with van der Waals surface area (Å²) >= 11 is 0. The second kappa shape index (κ2) is 12.2. The molecule has 3 aromatic rings. The fourth-order valence-electron chi connectivity index (χ4n) is 3.76. The van der Waals surface area contributed by atoms with Gasteiger partial charge in [0, 0.05) is 42.3 Å². The van der Waals surface area contributed by atoms with Gasteiger partial charge < -0.3 is 19.5 Å². The van der Waals surface area contributed by atoms with Crippen LogP contribution in [0.4, 0.5) is 23.7 Å². The van der Waals surface area contributed by atoms with Crippen molar-refractivity contribution in [3.8, 4) is 11.4 Å². The monoisotopic (exact) mass is 473 g/mol. The first kappa shape index (κ1) is 25.2. The number of urea groups is 1. The van der Waals surface area contributed by atoms with Gasteiger partial charge in [0.1, 0.15) is 17.3 Å². The molecule has 2 aromatic carbocycles. The Morgan fingerprint density at radius 1 is 1.00 bits per heavy atom. The molecular formula is C26H30F3N3O2. The normalized spacial score (nSPS) is 10.9. The highest BCUT2D eigenvalue weighted by molar-refractivity contribution is 5.89. The Morgan fingerprint density at radius 3 is 2.44 bits per heavy atom. The number of nitrogens with one attached hydrogen (secondary N) is 1. The number of hydrogen-bond acceptors (Lipinski definition) is 2. The molecule has 0 saturated heterocycles. The number of anilines is 1. The van der Waals surface area contributed by atoms with Gasteiger partial charge in [-0.05, 0) is 30.7 Å². The van der Waals surface area contributed by atoms with Crippen LogP contribution in [0.15, 0.2) is 54.7 Å². The lowest BCUT2D eigenvalue weighted by molar-refractivity contribution is 0.206. The van der Waals surface area contributed by atoms with Gasteiger partial charge in [0.25, 0.3) is 0 Å². The smallest absolute Gasteiger partial charge is 0.322 e.